The van der Waals surface area contributed by atoms with Gasteiger partial charge in [0.25, 0.3) is 5.91 Å². The summed E-state index contributed by atoms with van der Waals surface area (Å²) in [5.74, 6) is 1.29. The molecule has 0 unspecified atom stereocenters. The van der Waals surface area contributed by atoms with Crippen molar-refractivity contribution in [3.63, 3.8) is 0 Å². The number of benzene rings is 2. The third kappa shape index (κ3) is 3.81. The highest BCUT2D eigenvalue weighted by Gasteiger charge is 2.12. The van der Waals surface area contributed by atoms with E-state index < -0.39 is 0 Å². The summed E-state index contributed by atoms with van der Waals surface area (Å²) in [5.41, 5.74) is 1.14. The van der Waals surface area contributed by atoms with Crippen LogP contribution in [0.3, 0.4) is 0 Å². The number of carbonyl (C=O) groups is 1. The van der Waals surface area contributed by atoms with Crippen molar-refractivity contribution in [1.29, 1.82) is 0 Å². The molecule has 0 saturated heterocycles. The number of nitrogens with zero attached hydrogens (tertiary/aromatic N) is 1. The van der Waals surface area contributed by atoms with Gasteiger partial charge in [0, 0.05) is 17.6 Å². The Morgan fingerprint density at radius 2 is 1.96 bits per heavy atom. The maximum atomic E-state index is 12.2. The molecule has 0 aliphatic heterocycles. The van der Waals surface area contributed by atoms with Crippen LogP contribution in [0.25, 0.3) is 10.9 Å². The van der Waals surface area contributed by atoms with Crippen molar-refractivity contribution in [1.82, 2.24) is 4.98 Å². The molecule has 134 valence electrons. The molecule has 0 spiro atoms. The molecule has 1 N–H and O–H groups in total. The smallest absolute Gasteiger partial charge is 0.262 e. The largest absolute Gasteiger partial charge is 0.497 e. The highest BCUT2D eigenvalue weighted by Crippen LogP contribution is 2.30. The summed E-state index contributed by atoms with van der Waals surface area (Å²) in [5, 5.41) is 4.10. The third-order valence-electron chi connectivity index (χ3n) is 3.72. The Labute approximate surface area is 155 Å². The van der Waals surface area contributed by atoms with E-state index in [1.54, 1.807) is 49.7 Å². The molecule has 6 nitrogen and oxygen atoms in total. The van der Waals surface area contributed by atoms with E-state index >= 15 is 0 Å². The highest BCUT2D eigenvalue weighted by molar-refractivity contribution is 6.35. The lowest BCUT2D eigenvalue weighted by Gasteiger charge is -2.13. The normalized spacial score (nSPS) is 10.4. The number of halogens is 1. The number of anilines is 1. The van der Waals surface area contributed by atoms with E-state index in [1.165, 1.54) is 7.11 Å². The number of pyridine rings is 1. The first-order valence-electron chi connectivity index (χ1n) is 7.80. The highest BCUT2D eigenvalue weighted by atomic mass is 35.5. The van der Waals surface area contributed by atoms with Gasteiger partial charge in [0.05, 0.1) is 24.9 Å². The van der Waals surface area contributed by atoms with Crippen LogP contribution in [0, 0.1) is 0 Å². The van der Waals surface area contributed by atoms with Crippen LogP contribution in [-0.2, 0) is 4.79 Å². The number of rotatable bonds is 6. The van der Waals surface area contributed by atoms with E-state index in [9.17, 15) is 4.79 Å². The molecule has 0 radical (unpaired) electrons. The van der Waals surface area contributed by atoms with Crippen LogP contribution in [0.1, 0.15) is 0 Å². The van der Waals surface area contributed by atoms with Crippen LogP contribution < -0.4 is 19.5 Å². The first-order chi connectivity index (χ1) is 12.6. The first-order valence-corrected chi connectivity index (χ1v) is 8.18. The SMILES string of the molecule is COc1ccc(NC(=O)COc2ccc(Cl)c3cccnc23)c(OC)c1. The van der Waals surface area contributed by atoms with Crippen LogP contribution in [0.5, 0.6) is 17.2 Å². The van der Waals surface area contributed by atoms with Crippen LogP contribution in [0.2, 0.25) is 5.02 Å². The molecule has 1 amide bonds. The van der Waals surface area contributed by atoms with Crippen LogP contribution >= 0.6 is 11.6 Å². The average Bonchev–Trinajstić information content (AvgIpc) is 2.68. The van der Waals surface area contributed by atoms with Crippen LogP contribution in [-0.4, -0.2) is 31.7 Å². The van der Waals surface area contributed by atoms with E-state index in [2.05, 4.69) is 10.3 Å². The quantitative estimate of drug-likeness (QED) is 0.710. The minimum atomic E-state index is -0.326. The number of carbonyl (C=O) groups excluding carboxylic acids is 1. The maximum absolute atomic E-state index is 12.2. The second-order valence-electron chi connectivity index (χ2n) is 5.35. The van der Waals surface area contributed by atoms with E-state index in [4.69, 9.17) is 25.8 Å². The van der Waals surface area contributed by atoms with Crippen molar-refractivity contribution in [2.24, 2.45) is 0 Å². The summed E-state index contributed by atoms with van der Waals surface area (Å²) >= 11 is 6.16. The van der Waals surface area contributed by atoms with Gasteiger partial charge in [-0.15, -0.1) is 0 Å². The van der Waals surface area contributed by atoms with Gasteiger partial charge in [-0.2, -0.15) is 0 Å². The van der Waals surface area contributed by atoms with E-state index in [0.29, 0.717) is 33.5 Å². The molecule has 26 heavy (non-hydrogen) atoms. The fourth-order valence-electron chi connectivity index (χ4n) is 2.46. The number of amides is 1. The molecule has 2 aromatic carbocycles. The zero-order chi connectivity index (χ0) is 18.5. The Bertz CT molecular complexity index is 946. The molecule has 3 aromatic rings. The molecular weight excluding hydrogens is 356 g/mol. The van der Waals surface area contributed by atoms with Gasteiger partial charge in [0.1, 0.15) is 22.8 Å². The lowest BCUT2D eigenvalue weighted by Crippen LogP contribution is -2.20. The number of aromatic nitrogens is 1. The molecule has 0 aliphatic rings. The minimum absolute atomic E-state index is 0.178. The van der Waals surface area contributed by atoms with Crippen molar-refractivity contribution < 1.29 is 19.0 Å². The van der Waals surface area contributed by atoms with Crippen molar-refractivity contribution in [3.8, 4) is 17.2 Å². The molecule has 1 heterocycles. The number of ether oxygens (including phenoxy) is 3. The van der Waals surface area contributed by atoms with Gasteiger partial charge in [-0.05, 0) is 36.4 Å². The molecule has 0 saturated carbocycles. The molecule has 3 rings (SSSR count). The average molecular weight is 373 g/mol. The summed E-state index contributed by atoms with van der Waals surface area (Å²) in [6.07, 6.45) is 1.65. The molecule has 1 aromatic heterocycles. The Morgan fingerprint density at radius 1 is 1.12 bits per heavy atom. The molecule has 0 fully saturated rings. The maximum Gasteiger partial charge on any atom is 0.262 e. The number of hydrogen-bond acceptors (Lipinski definition) is 5. The topological polar surface area (TPSA) is 69.7 Å². The Balaban J connectivity index is 1.71. The fraction of sp³-hybridized carbons (Fsp3) is 0.158. The lowest BCUT2D eigenvalue weighted by atomic mass is 10.2. The number of fused-ring (bicyclic) bond motifs is 1. The molecule has 0 aliphatic carbocycles. The van der Waals surface area contributed by atoms with Gasteiger partial charge in [0.2, 0.25) is 0 Å². The third-order valence-corrected chi connectivity index (χ3v) is 4.05. The number of methoxy groups -OCH3 is 2. The standard InChI is InChI=1S/C19H17ClN2O4/c1-24-12-5-7-15(17(10-12)25-2)22-18(23)11-26-16-8-6-14(20)13-4-3-9-21-19(13)16/h3-10H,11H2,1-2H3,(H,22,23). The van der Waals surface area contributed by atoms with Crippen LogP contribution in [0.15, 0.2) is 48.7 Å². The fourth-order valence-corrected chi connectivity index (χ4v) is 2.68. The van der Waals surface area contributed by atoms with Crippen molar-refractivity contribution in [2.75, 3.05) is 26.1 Å². The van der Waals surface area contributed by atoms with Crippen molar-refractivity contribution in [3.05, 3.63) is 53.7 Å². The Kier molecular flexibility index (Phi) is 5.43. The summed E-state index contributed by atoms with van der Waals surface area (Å²) in [6.45, 7) is -0.178. The van der Waals surface area contributed by atoms with E-state index in [1.807, 2.05) is 6.07 Å². The lowest BCUT2D eigenvalue weighted by molar-refractivity contribution is -0.118. The van der Waals surface area contributed by atoms with Gasteiger partial charge < -0.3 is 19.5 Å². The van der Waals surface area contributed by atoms with Gasteiger partial charge in [-0.25, -0.2) is 0 Å². The summed E-state index contributed by atoms with van der Waals surface area (Å²) < 4.78 is 16.0. The molecule has 0 bridgehead atoms. The summed E-state index contributed by atoms with van der Waals surface area (Å²) in [6, 6.07) is 12.2. The van der Waals surface area contributed by atoms with Gasteiger partial charge in [0.15, 0.2) is 6.61 Å². The number of hydrogen-bond donors (Lipinski definition) is 1. The predicted molar refractivity (Wildman–Crippen MR) is 100 cm³/mol. The Hall–Kier alpha value is -2.99. The van der Waals surface area contributed by atoms with E-state index in [-0.39, 0.29) is 12.5 Å². The predicted octanol–water partition coefficient (Wildman–Crippen LogP) is 3.92. The number of nitrogens with one attached hydrogen (secondary N) is 1. The summed E-state index contributed by atoms with van der Waals surface area (Å²) in [7, 11) is 3.08. The van der Waals surface area contributed by atoms with Crippen molar-refractivity contribution >= 4 is 34.1 Å². The second kappa shape index (κ2) is 7.93. The van der Waals surface area contributed by atoms with Crippen LogP contribution in [0.4, 0.5) is 5.69 Å². The summed E-state index contributed by atoms with van der Waals surface area (Å²) in [4.78, 5) is 16.5. The zero-order valence-electron chi connectivity index (χ0n) is 14.3. The van der Waals surface area contributed by atoms with Gasteiger partial charge in [-0.1, -0.05) is 11.6 Å². The zero-order valence-corrected chi connectivity index (χ0v) is 15.0. The van der Waals surface area contributed by atoms with E-state index in [0.717, 1.165) is 5.39 Å². The minimum Gasteiger partial charge on any atom is -0.497 e. The molecule has 7 heteroatoms. The molecule has 0 atom stereocenters. The van der Waals surface area contributed by atoms with Gasteiger partial charge >= 0.3 is 0 Å². The van der Waals surface area contributed by atoms with Gasteiger partial charge in [-0.3, -0.25) is 9.78 Å². The molecular formula is C19H17ClN2O4. The Morgan fingerprint density at radius 3 is 2.73 bits per heavy atom. The second-order valence-corrected chi connectivity index (χ2v) is 5.76. The van der Waals surface area contributed by atoms with Crippen molar-refractivity contribution in [2.45, 2.75) is 0 Å². The monoisotopic (exact) mass is 372 g/mol. The first kappa shape index (κ1) is 17.8.